The molecule has 2 rings (SSSR count). The SMILES string of the molecule is CCn1cc(CC2(O)CCC(C(C)C)CC2)cn1. The second-order valence-electron chi connectivity index (χ2n) is 6.19. The van der Waals surface area contributed by atoms with Crippen LogP contribution in [0.2, 0.25) is 0 Å². The fraction of sp³-hybridized carbons (Fsp3) is 0.800. The summed E-state index contributed by atoms with van der Waals surface area (Å²) in [7, 11) is 0. The fourth-order valence-corrected chi connectivity index (χ4v) is 3.07. The van der Waals surface area contributed by atoms with Crippen LogP contribution in [0.5, 0.6) is 0 Å². The van der Waals surface area contributed by atoms with Gasteiger partial charge >= 0.3 is 0 Å². The van der Waals surface area contributed by atoms with Crippen molar-refractivity contribution in [1.82, 2.24) is 9.78 Å². The van der Waals surface area contributed by atoms with E-state index in [-0.39, 0.29) is 0 Å². The van der Waals surface area contributed by atoms with E-state index in [2.05, 4.69) is 32.1 Å². The van der Waals surface area contributed by atoms with Gasteiger partial charge in [0.1, 0.15) is 0 Å². The zero-order valence-electron chi connectivity index (χ0n) is 11.9. The van der Waals surface area contributed by atoms with Crippen molar-refractivity contribution < 1.29 is 5.11 Å². The lowest BCUT2D eigenvalue weighted by Crippen LogP contribution is -2.37. The molecule has 0 aromatic carbocycles. The highest BCUT2D eigenvalue weighted by Crippen LogP contribution is 2.37. The highest BCUT2D eigenvalue weighted by atomic mass is 16.3. The minimum atomic E-state index is -0.493. The van der Waals surface area contributed by atoms with Gasteiger partial charge in [0.2, 0.25) is 0 Å². The van der Waals surface area contributed by atoms with Gasteiger partial charge in [-0.3, -0.25) is 4.68 Å². The smallest absolute Gasteiger partial charge is 0.0689 e. The average Bonchev–Trinajstić information content (AvgIpc) is 2.76. The van der Waals surface area contributed by atoms with Gasteiger partial charge in [-0.15, -0.1) is 0 Å². The molecule has 1 aliphatic rings. The van der Waals surface area contributed by atoms with E-state index >= 15 is 0 Å². The lowest BCUT2D eigenvalue weighted by molar-refractivity contribution is -0.0146. The average molecular weight is 250 g/mol. The standard InChI is InChI=1S/C15H26N2O/c1-4-17-11-13(10-16-17)9-15(18)7-5-14(6-8-15)12(2)3/h10-12,14,18H,4-9H2,1-3H3. The molecule has 0 saturated heterocycles. The van der Waals surface area contributed by atoms with E-state index in [9.17, 15) is 5.11 Å². The highest BCUT2D eigenvalue weighted by molar-refractivity contribution is 5.09. The quantitative estimate of drug-likeness (QED) is 0.892. The Balaban J connectivity index is 1.93. The molecule has 1 aromatic rings. The molecule has 102 valence electrons. The summed E-state index contributed by atoms with van der Waals surface area (Å²) in [6, 6.07) is 0. The van der Waals surface area contributed by atoms with Gasteiger partial charge in [0, 0.05) is 19.2 Å². The molecule has 0 amide bonds. The number of rotatable bonds is 4. The summed E-state index contributed by atoms with van der Waals surface area (Å²) in [6.07, 6.45) is 8.92. The molecule has 0 spiro atoms. The van der Waals surface area contributed by atoms with Gasteiger partial charge in [-0.1, -0.05) is 13.8 Å². The van der Waals surface area contributed by atoms with Gasteiger partial charge in [0.25, 0.3) is 0 Å². The number of hydrogen-bond acceptors (Lipinski definition) is 2. The Kier molecular flexibility index (Phi) is 4.10. The summed E-state index contributed by atoms with van der Waals surface area (Å²) < 4.78 is 1.93. The molecule has 0 aliphatic heterocycles. The first kappa shape index (κ1) is 13.6. The van der Waals surface area contributed by atoms with Crippen molar-refractivity contribution in [2.24, 2.45) is 11.8 Å². The molecule has 0 radical (unpaired) electrons. The zero-order chi connectivity index (χ0) is 13.2. The highest BCUT2D eigenvalue weighted by Gasteiger charge is 2.34. The third-order valence-corrected chi connectivity index (χ3v) is 4.45. The summed E-state index contributed by atoms with van der Waals surface area (Å²) in [6.45, 7) is 7.56. The summed E-state index contributed by atoms with van der Waals surface area (Å²) in [4.78, 5) is 0. The van der Waals surface area contributed by atoms with Crippen LogP contribution in [-0.2, 0) is 13.0 Å². The Labute approximate surface area is 110 Å². The third-order valence-electron chi connectivity index (χ3n) is 4.45. The molecule has 18 heavy (non-hydrogen) atoms. The van der Waals surface area contributed by atoms with Gasteiger partial charge in [-0.05, 0) is 50.0 Å². The van der Waals surface area contributed by atoms with Crippen LogP contribution >= 0.6 is 0 Å². The third kappa shape index (κ3) is 3.14. The number of aliphatic hydroxyl groups is 1. The minimum absolute atomic E-state index is 0.493. The predicted octanol–water partition coefficient (Wildman–Crippen LogP) is 3.02. The monoisotopic (exact) mass is 250 g/mol. The Morgan fingerprint density at radius 1 is 1.44 bits per heavy atom. The maximum absolute atomic E-state index is 10.7. The second-order valence-corrected chi connectivity index (χ2v) is 6.19. The molecule has 1 aromatic heterocycles. The van der Waals surface area contributed by atoms with Crippen molar-refractivity contribution in [2.45, 2.75) is 65.0 Å². The molecule has 3 nitrogen and oxygen atoms in total. The van der Waals surface area contributed by atoms with Crippen LogP contribution in [0.1, 0.15) is 52.0 Å². The number of aryl methyl sites for hydroxylation is 1. The van der Waals surface area contributed by atoms with Gasteiger partial charge in [0.05, 0.1) is 11.8 Å². The van der Waals surface area contributed by atoms with Gasteiger partial charge < -0.3 is 5.11 Å². The van der Waals surface area contributed by atoms with E-state index in [1.54, 1.807) is 0 Å². The number of hydrogen-bond donors (Lipinski definition) is 1. The molecule has 1 fully saturated rings. The Bertz CT molecular complexity index is 376. The van der Waals surface area contributed by atoms with Crippen molar-refractivity contribution in [3.8, 4) is 0 Å². The molecule has 1 saturated carbocycles. The van der Waals surface area contributed by atoms with Crippen LogP contribution in [0.3, 0.4) is 0 Å². The van der Waals surface area contributed by atoms with E-state index in [0.29, 0.717) is 0 Å². The van der Waals surface area contributed by atoms with Gasteiger partial charge in [-0.2, -0.15) is 5.10 Å². The summed E-state index contributed by atoms with van der Waals surface area (Å²) in [5.41, 5.74) is 0.676. The minimum Gasteiger partial charge on any atom is -0.390 e. The molecular weight excluding hydrogens is 224 g/mol. The number of nitrogens with zero attached hydrogens (tertiary/aromatic N) is 2. The van der Waals surface area contributed by atoms with Gasteiger partial charge in [0.15, 0.2) is 0 Å². The van der Waals surface area contributed by atoms with Crippen molar-refractivity contribution in [3.63, 3.8) is 0 Å². The molecule has 3 heteroatoms. The number of aromatic nitrogens is 2. The maximum Gasteiger partial charge on any atom is 0.0689 e. The van der Waals surface area contributed by atoms with Crippen LogP contribution < -0.4 is 0 Å². The maximum atomic E-state index is 10.7. The molecule has 0 unspecified atom stereocenters. The zero-order valence-corrected chi connectivity index (χ0v) is 11.9. The molecule has 1 heterocycles. The van der Waals surface area contributed by atoms with E-state index in [1.807, 2.05) is 10.9 Å². The van der Waals surface area contributed by atoms with Crippen molar-refractivity contribution in [1.29, 1.82) is 0 Å². The van der Waals surface area contributed by atoms with Crippen molar-refractivity contribution in [3.05, 3.63) is 18.0 Å². The predicted molar refractivity (Wildman–Crippen MR) is 73.4 cm³/mol. The van der Waals surface area contributed by atoms with E-state index in [1.165, 1.54) is 5.56 Å². The molecule has 0 bridgehead atoms. The van der Waals surface area contributed by atoms with E-state index in [0.717, 1.165) is 50.5 Å². The lowest BCUT2D eigenvalue weighted by atomic mass is 9.73. The normalized spacial score (nSPS) is 28.8. The van der Waals surface area contributed by atoms with Crippen LogP contribution in [-0.4, -0.2) is 20.5 Å². The largest absolute Gasteiger partial charge is 0.390 e. The first-order valence-corrected chi connectivity index (χ1v) is 7.26. The Morgan fingerprint density at radius 2 is 2.11 bits per heavy atom. The summed E-state index contributed by atoms with van der Waals surface area (Å²) in [5, 5.41) is 14.9. The van der Waals surface area contributed by atoms with Crippen LogP contribution in [0.4, 0.5) is 0 Å². The Morgan fingerprint density at radius 3 is 2.61 bits per heavy atom. The molecule has 0 atom stereocenters. The topological polar surface area (TPSA) is 38.0 Å². The second kappa shape index (κ2) is 5.43. The first-order chi connectivity index (χ1) is 8.52. The fourth-order valence-electron chi connectivity index (χ4n) is 3.07. The van der Waals surface area contributed by atoms with Crippen LogP contribution in [0, 0.1) is 11.8 Å². The molecular formula is C15H26N2O. The van der Waals surface area contributed by atoms with Crippen LogP contribution in [0.25, 0.3) is 0 Å². The van der Waals surface area contributed by atoms with E-state index in [4.69, 9.17) is 0 Å². The van der Waals surface area contributed by atoms with Crippen molar-refractivity contribution >= 4 is 0 Å². The molecule has 1 N–H and O–H groups in total. The summed E-state index contributed by atoms with van der Waals surface area (Å²) in [5.74, 6) is 1.54. The van der Waals surface area contributed by atoms with Crippen LogP contribution in [0.15, 0.2) is 12.4 Å². The Hall–Kier alpha value is -0.830. The van der Waals surface area contributed by atoms with E-state index < -0.39 is 5.60 Å². The first-order valence-electron chi connectivity index (χ1n) is 7.26. The van der Waals surface area contributed by atoms with Gasteiger partial charge in [-0.25, -0.2) is 0 Å². The lowest BCUT2D eigenvalue weighted by Gasteiger charge is -2.37. The summed E-state index contributed by atoms with van der Waals surface area (Å²) >= 11 is 0. The molecule has 1 aliphatic carbocycles. The van der Waals surface area contributed by atoms with Crippen molar-refractivity contribution in [2.75, 3.05) is 0 Å².